The molecule has 8 heteroatoms. The highest BCUT2D eigenvalue weighted by molar-refractivity contribution is 9.10. The van der Waals surface area contributed by atoms with Gasteiger partial charge in [-0.1, -0.05) is 45.9 Å². The van der Waals surface area contributed by atoms with Crippen molar-refractivity contribution >= 4 is 39.3 Å². The first-order valence-corrected chi connectivity index (χ1v) is 10.9. The molecule has 0 spiro atoms. The molecule has 1 heterocycles. The van der Waals surface area contributed by atoms with Gasteiger partial charge in [-0.15, -0.1) is 5.10 Å². The zero-order valence-corrected chi connectivity index (χ0v) is 19.2. The number of hydrogen-bond acceptors (Lipinski definition) is 5. The Bertz CT molecular complexity index is 1020. The van der Waals surface area contributed by atoms with E-state index in [1.807, 2.05) is 58.0 Å². The number of rotatable bonds is 7. The molecule has 0 fully saturated rings. The van der Waals surface area contributed by atoms with E-state index in [0.717, 1.165) is 38.2 Å². The van der Waals surface area contributed by atoms with Crippen LogP contribution in [0.25, 0.3) is 0 Å². The van der Waals surface area contributed by atoms with Crippen LogP contribution in [0.4, 0.5) is 5.69 Å². The molecule has 0 bridgehead atoms. The SMILES string of the molecule is Cc1cccc(C)c1OCc1nc(SCC(=O)Nc2ccc(Br)c(C)c2C)n[nH]1. The first-order chi connectivity index (χ1) is 13.8. The predicted octanol–water partition coefficient (Wildman–Crippen LogP) is 5.11. The predicted molar refractivity (Wildman–Crippen MR) is 120 cm³/mol. The minimum atomic E-state index is -0.0991. The third-order valence-electron chi connectivity index (χ3n) is 4.60. The lowest BCUT2D eigenvalue weighted by Crippen LogP contribution is -2.15. The van der Waals surface area contributed by atoms with Gasteiger partial charge in [0.2, 0.25) is 11.1 Å². The quantitative estimate of drug-likeness (QED) is 0.465. The standard InChI is InChI=1S/C21H23BrN4O2S/c1-12-6-5-7-13(2)20(12)28-10-18-24-21(26-25-18)29-11-19(27)23-17-9-8-16(22)14(3)15(17)4/h5-9H,10-11H2,1-4H3,(H,23,27)(H,24,25,26). The molecular weight excluding hydrogens is 452 g/mol. The minimum Gasteiger partial charge on any atom is -0.485 e. The summed E-state index contributed by atoms with van der Waals surface area (Å²) < 4.78 is 6.91. The second-order valence-corrected chi connectivity index (χ2v) is 8.55. The van der Waals surface area contributed by atoms with Crippen LogP contribution in [-0.4, -0.2) is 26.8 Å². The van der Waals surface area contributed by atoms with Gasteiger partial charge >= 0.3 is 0 Å². The number of anilines is 1. The number of halogens is 1. The minimum absolute atomic E-state index is 0.0991. The number of aryl methyl sites for hydroxylation is 2. The summed E-state index contributed by atoms with van der Waals surface area (Å²) in [6.07, 6.45) is 0. The molecule has 6 nitrogen and oxygen atoms in total. The fourth-order valence-electron chi connectivity index (χ4n) is 2.81. The molecule has 0 saturated carbocycles. The van der Waals surface area contributed by atoms with Crippen molar-refractivity contribution in [2.24, 2.45) is 0 Å². The second kappa shape index (κ2) is 9.45. The Morgan fingerprint density at radius 3 is 2.59 bits per heavy atom. The van der Waals surface area contributed by atoms with Crippen molar-refractivity contribution in [3.63, 3.8) is 0 Å². The number of nitrogens with zero attached hydrogens (tertiary/aromatic N) is 2. The second-order valence-electron chi connectivity index (χ2n) is 6.76. The Morgan fingerprint density at radius 1 is 1.14 bits per heavy atom. The topological polar surface area (TPSA) is 79.9 Å². The Hall–Kier alpha value is -2.32. The molecule has 29 heavy (non-hydrogen) atoms. The van der Waals surface area contributed by atoms with Crippen molar-refractivity contribution in [3.8, 4) is 5.75 Å². The largest absolute Gasteiger partial charge is 0.485 e. The highest BCUT2D eigenvalue weighted by atomic mass is 79.9. The zero-order valence-electron chi connectivity index (χ0n) is 16.8. The van der Waals surface area contributed by atoms with Gasteiger partial charge < -0.3 is 10.1 Å². The lowest BCUT2D eigenvalue weighted by atomic mass is 10.1. The molecule has 0 atom stereocenters. The normalized spacial score (nSPS) is 10.8. The molecule has 0 aliphatic rings. The van der Waals surface area contributed by atoms with E-state index in [9.17, 15) is 4.79 Å². The van der Waals surface area contributed by atoms with Crippen molar-refractivity contribution in [1.82, 2.24) is 15.2 Å². The van der Waals surface area contributed by atoms with E-state index in [4.69, 9.17) is 4.74 Å². The van der Waals surface area contributed by atoms with Gasteiger partial charge in [0, 0.05) is 10.2 Å². The Labute approximate surface area is 183 Å². The number of nitrogens with one attached hydrogen (secondary N) is 2. The number of aromatic nitrogens is 3. The van der Waals surface area contributed by atoms with Gasteiger partial charge in [0.25, 0.3) is 0 Å². The van der Waals surface area contributed by atoms with Crippen LogP contribution in [0.2, 0.25) is 0 Å². The number of benzene rings is 2. The number of hydrogen-bond donors (Lipinski definition) is 2. The van der Waals surface area contributed by atoms with Gasteiger partial charge in [-0.25, -0.2) is 4.98 Å². The van der Waals surface area contributed by atoms with Crippen LogP contribution in [0.1, 0.15) is 28.1 Å². The molecule has 0 aliphatic carbocycles. The molecule has 2 aromatic carbocycles. The molecule has 0 radical (unpaired) electrons. The van der Waals surface area contributed by atoms with Gasteiger partial charge in [0.05, 0.1) is 5.75 Å². The van der Waals surface area contributed by atoms with Gasteiger partial charge in [0.15, 0.2) is 5.82 Å². The molecule has 1 aromatic heterocycles. The average molecular weight is 475 g/mol. The Morgan fingerprint density at radius 2 is 1.86 bits per heavy atom. The number of thioether (sulfide) groups is 1. The monoisotopic (exact) mass is 474 g/mol. The summed E-state index contributed by atoms with van der Waals surface area (Å²) in [4.78, 5) is 16.7. The van der Waals surface area contributed by atoms with Crippen molar-refractivity contribution < 1.29 is 9.53 Å². The summed E-state index contributed by atoms with van der Waals surface area (Å²) in [6, 6.07) is 9.85. The van der Waals surface area contributed by atoms with Crippen LogP contribution in [0.3, 0.4) is 0 Å². The first kappa shape index (κ1) is 21.4. The van der Waals surface area contributed by atoms with Crippen molar-refractivity contribution in [2.45, 2.75) is 39.5 Å². The molecule has 3 rings (SSSR count). The zero-order chi connectivity index (χ0) is 21.0. The van der Waals surface area contributed by atoms with E-state index in [1.165, 1.54) is 11.8 Å². The van der Waals surface area contributed by atoms with Crippen molar-refractivity contribution in [1.29, 1.82) is 0 Å². The highest BCUT2D eigenvalue weighted by Gasteiger charge is 2.12. The van der Waals surface area contributed by atoms with Gasteiger partial charge in [-0.3, -0.25) is 9.89 Å². The van der Waals surface area contributed by atoms with Gasteiger partial charge in [-0.05, 0) is 62.1 Å². The number of aromatic amines is 1. The van der Waals surface area contributed by atoms with E-state index in [1.54, 1.807) is 0 Å². The molecular formula is C21H23BrN4O2S. The van der Waals surface area contributed by atoms with Crippen molar-refractivity contribution in [2.75, 3.05) is 11.1 Å². The van der Waals surface area contributed by atoms with Crippen LogP contribution in [0.15, 0.2) is 40.0 Å². The van der Waals surface area contributed by atoms with Crippen LogP contribution < -0.4 is 10.1 Å². The van der Waals surface area contributed by atoms with Crippen LogP contribution in [0, 0.1) is 27.7 Å². The molecule has 3 aromatic rings. The third kappa shape index (κ3) is 5.39. The summed E-state index contributed by atoms with van der Waals surface area (Å²) in [5.74, 6) is 1.61. The number of ether oxygens (including phenoxy) is 1. The summed E-state index contributed by atoms with van der Waals surface area (Å²) >= 11 is 4.78. The van der Waals surface area contributed by atoms with Crippen LogP contribution >= 0.6 is 27.7 Å². The number of amides is 1. The molecule has 1 amide bonds. The molecule has 0 unspecified atom stereocenters. The summed E-state index contributed by atoms with van der Waals surface area (Å²) in [7, 11) is 0. The highest BCUT2D eigenvalue weighted by Crippen LogP contribution is 2.26. The van der Waals surface area contributed by atoms with Crippen LogP contribution in [-0.2, 0) is 11.4 Å². The summed E-state index contributed by atoms with van der Waals surface area (Å²) in [5, 5.41) is 10.5. The molecule has 2 N–H and O–H groups in total. The van der Waals surface area contributed by atoms with Crippen LogP contribution in [0.5, 0.6) is 5.75 Å². The average Bonchev–Trinajstić information content (AvgIpc) is 3.14. The maximum absolute atomic E-state index is 12.3. The maximum Gasteiger partial charge on any atom is 0.234 e. The molecule has 152 valence electrons. The number of carbonyl (C=O) groups is 1. The summed E-state index contributed by atoms with van der Waals surface area (Å²) in [5.41, 5.74) is 5.12. The van der Waals surface area contributed by atoms with E-state index >= 15 is 0 Å². The smallest absolute Gasteiger partial charge is 0.234 e. The van der Waals surface area contributed by atoms with Crippen molar-refractivity contribution in [3.05, 3.63) is 62.9 Å². The number of para-hydroxylation sites is 1. The Kier molecular flexibility index (Phi) is 6.97. The van der Waals surface area contributed by atoms with E-state index in [0.29, 0.717) is 17.6 Å². The summed E-state index contributed by atoms with van der Waals surface area (Å²) in [6.45, 7) is 8.32. The number of H-pyrrole nitrogens is 1. The van der Waals surface area contributed by atoms with Gasteiger partial charge in [-0.2, -0.15) is 0 Å². The maximum atomic E-state index is 12.3. The molecule has 0 aliphatic heterocycles. The van der Waals surface area contributed by atoms with E-state index < -0.39 is 0 Å². The lowest BCUT2D eigenvalue weighted by molar-refractivity contribution is -0.113. The van der Waals surface area contributed by atoms with E-state index in [2.05, 4.69) is 36.4 Å². The fourth-order valence-corrected chi connectivity index (χ4v) is 3.86. The third-order valence-corrected chi connectivity index (χ3v) is 6.31. The molecule has 0 saturated heterocycles. The first-order valence-electron chi connectivity index (χ1n) is 9.13. The van der Waals surface area contributed by atoms with Gasteiger partial charge in [0.1, 0.15) is 12.4 Å². The lowest BCUT2D eigenvalue weighted by Gasteiger charge is -2.11. The Balaban J connectivity index is 1.53. The number of carbonyl (C=O) groups excluding carboxylic acids is 1. The fraction of sp³-hybridized carbons (Fsp3) is 0.286. The van der Waals surface area contributed by atoms with E-state index in [-0.39, 0.29) is 11.7 Å².